The molecular weight excluding hydrogens is 468 g/mol. The van der Waals surface area contributed by atoms with Crippen molar-refractivity contribution >= 4 is 57.8 Å². The van der Waals surface area contributed by atoms with E-state index in [1.54, 1.807) is 24.3 Å². The highest BCUT2D eigenvalue weighted by atomic mass is 35.5. The van der Waals surface area contributed by atoms with Crippen LogP contribution >= 0.6 is 23.8 Å². The molecule has 1 aromatic heterocycles. The molecule has 0 fully saturated rings. The van der Waals surface area contributed by atoms with Gasteiger partial charge in [0.2, 0.25) is 5.91 Å². The lowest BCUT2D eigenvalue weighted by atomic mass is 10.1. The average molecular weight is 487 g/mol. The first-order chi connectivity index (χ1) is 15.8. The number of carbonyl (C=O) groups excluding carboxylic acids is 2. The molecule has 3 N–H and O–H groups in total. The monoisotopic (exact) mass is 486 g/mol. The van der Waals surface area contributed by atoms with Gasteiger partial charge in [0.05, 0.1) is 15.6 Å². The largest absolute Gasteiger partial charge is 0.451 e. The molecule has 0 unspecified atom stereocenters. The summed E-state index contributed by atoms with van der Waals surface area (Å²) in [5, 5.41) is 19.3. The van der Waals surface area contributed by atoms with E-state index >= 15 is 0 Å². The Bertz CT molecular complexity index is 1230. The topological polar surface area (TPSA) is 127 Å². The summed E-state index contributed by atoms with van der Waals surface area (Å²) in [6.07, 6.45) is 1.11. The van der Waals surface area contributed by atoms with Crippen molar-refractivity contribution in [1.82, 2.24) is 5.32 Å². The number of benzene rings is 2. The number of nitrogens with zero attached hydrogens (tertiary/aromatic N) is 1. The summed E-state index contributed by atoms with van der Waals surface area (Å²) in [7, 11) is 0. The SMILES string of the molecule is CCCC(=O)Nc1ccc(Cl)c(NC(=S)NC(=O)c2ccc(-c3cccc([N+](=O)[O-])c3)o2)c1. The summed E-state index contributed by atoms with van der Waals surface area (Å²) in [6.45, 7) is 1.90. The van der Waals surface area contributed by atoms with Crippen LogP contribution in [0.2, 0.25) is 5.02 Å². The number of rotatable bonds is 7. The van der Waals surface area contributed by atoms with E-state index in [-0.39, 0.29) is 22.5 Å². The van der Waals surface area contributed by atoms with Crippen LogP contribution in [0.3, 0.4) is 0 Å². The van der Waals surface area contributed by atoms with Crippen molar-refractivity contribution in [3.05, 3.63) is 75.5 Å². The summed E-state index contributed by atoms with van der Waals surface area (Å²) in [6, 6.07) is 13.7. The molecule has 33 heavy (non-hydrogen) atoms. The van der Waals surface area contributed by atoms with Gasteiger partial charge in [-0.05, 0) is 49.0 Å². The molecular formula is C22H19ClN4O5S. The second kappa shape index (κ2) is 10.7. The van der Waals surface area contributed by atoms with E-state index in [0.717, 1.165) is 6.42 Å². The summed E-state index contributed by atoms with van der Waals surface area (Å²) in [4.78, 5) is 34.7. The van der Waals surface area contributed by atoms with Crippen LogP contribution < -0.4 is 16.0 Å². The van der Waals surface area contributed by atoms with Crippen LogP contribution in [0.4, 0.5) is 17.1 Å². The molecule has 0 saturated heterocycles. The van der Waals surface area contributed by atoms with Gasteiger partial charge in [0.1, 0.15) is 5.76 Å². The minimum atomic E-state index is -0.618. The molecule has 170 valence electrons. The van der Waals surface area contributed by atoms with Gasteiger partial charge in [0.15, 0.2) is 10.9 Å². The zero-order valence-electron chi connectivity index (χ0n) is 17.4. The van der Waals surface area contributed by atoms with Crippen molar-refractivity contribution in [3.8, 4) is 11.3 Å². The molecule has 0 radical (unpaired) electrons. The fraction of sp³-hybridized carbons (Fsp3) is 0.136. The van der Waals surface area contributed by atoms with Crippen molar-refractivity contribution in [2.45, 2.75) is 19.8 Å². The fourth-order valence-electron chi connectivity index (χ4n) is 2.86. The molecule has 3 rings (SSSR count). The van der Waals surface area contributed by atoms with Crippen molar-refractivity contribution in [1.29, 1.82) is 0 Å². The Balaban J connectivity index is 1.66. The number of nitro benzene ring substituents is 1. The Morgan fingerprint density at radius 1 is 1.12 bits per heavy atom. The highest BCUT2D eigenvalue weighted by Gasteiger charge is 2.16. The number of halogens is 1. The molecule has 0 atom stereocenters. The lowest BCUT2D eigenvalue weighted by Crippen LogP contribution is -2.34. The number of carbonyl (C=O) groups is 2. The van der Waals surface area contributed by atoms with Crippen LogP contribution in [0.25, 0.3) is 11.3 Å². The number of nitro groups is 1. The Hall–Kier alpha value is -3.76. The van der Waals surface area contributed by atoms with E-state index in [1.807, 2.05) is 6.92 Å². The Morgan fingerprint density at radius 3 is 2.64 bits per heavy atom. The van der Waals surface area contributed by atoms with E-state index in [4.69, 9.17) is 28.2 Å². The van der Waals surface area contributed by atoms with Crippen LogP contribution in [0.1, 0.15) is 30.3 Å². The molecule has 0 aliphatic heterocycles. The Kier molecular flexibility index (Phi) is 7.75. The Labute approximate surface area is 199 Å². The lowest BCUT2D eigenvalue weighted by Gasteiger charge is -2.12. The van der Waals surface area contributed by atoms with Gasteiger partial charge in [-0.15, -0.1) is 0 Å². The normalized spacial score (nSPS) is 10.4. The smallest absolute Gasteiger partial charge is 0.293 e. The number of hydrogen-bond acceptors (Lipinski definition) is 6. The van der Waals surface area contributed by atoms with Crippen LogP contribution in [0.5, 0.6) is 0 Å². The minimum Gasteiger partial charge on any atom is -0.451 e. The molecule has 0 aliphatic rings. The maximum Gasteiger partial charge on any atom is 0.293 e. The van der Waals surface area contributed by atoms with E-state index in [2.05, 4.69) is 16.0 Å². The van der Waals surface area contributed by atoms with E-state index in [1.165, 1.54) is 30.3 Å². The molecule has 1 heterocycles. The van der Waals surface area contributed by atoms with Gasteiger partial charge in [-0.25, -0.2) is 0 Å². The third-order valence-electron chi connectivity index (χ3n) is 4.37. The van der Waals surface area contributed by atoms with Crippen molar-refractivity contribution in [2.24, 2.45) is 0 Å². The number of non-ortho nitro benzene ring substituents is 1. The quantitative estimate of drug-likeness (QED) is 0.232. The number of amides is 2. The highest BCUT2D eigenvalue weighted by Crippen LogP contribution is 2.27. The molecule has 3 aromatic rings. The van der Waals surface area contributed by atoms with Gasteiger partial charge in [-0.2, -0.15) is 0 Å². The fourth-order valence-corrected chi connectivity index (χ4v) is 3.22. The third-order valence-corrected chi connectivity index (χ3v) is 4.91. The van der Waals surface area contributed by atoms with E-state index < -0.39 is 10.8 Å². The van der Waals surface area contributed by atoms with Crippen molar-refractivity contribution in [3.63, 3.8) is 0 Å². The third kappa shape index (κ3) is 6.37. The second-order valence-electron chi connectivity index (χ2n) is 6.87. The van der Waals surface area contributed by atoms with Gasteiger partial charge >= 0.3 is 0 Å². The van der Waals surface area contributed by atoms with Crippen LogP contribution in [0.15, 0.2) is 59.0 Å². The van der Waals surface area contributed by atoms with E-state index in [0.29, 0.717) is 34.1 Å². The first-order valence-corrected chi connectivity index (χ1v) is 10.6. The molecule has 0 aliphatic carbocycles. The second-order valence-corrected chi connectivity index (χ2v) is 7.69. The average Bonchev–Trinajstić information content (AvgIpc) is 3.27. The first-order valence-electron chi connectivity index (χ1n) is 9.83. The number of anilines is 2. The van der Waals surface area contributed by atoms with Crippen LogP contribution in [0, 0.1) is 10.1 Å². The first kappa shape index (κ1) is 23.9. The van der Waals surface area contributed by atoms with Crippen LogP contribution in [-0.2, 0) is 4.79 Å². The maximum atomic E-state index is 12.5. The summed E-state index contributed by atoms with van der Waals surface area (Å²) >= 11 is 11.4. The molecule has 0 spiro atoms. The number of hydrogen-bond donors (Lipinski definition) is 3. The zero-order chi connectivity index (χ0) is 24.0. The number of furan rings is 1. The van der Waals surface area contributed by atoms with Gasteiger partial charge < -0.3 is 15.1 Å². The summed E-state index contributed by atoms with van der Waals surface area (Å²) in [5.74, 6) is -0.486. The van der Waals surface area contributed by atoms with Crippen LogP contribution in [-0.4, -0.2) is 21.9 Å². The molecule has 0 bridgehead atoms. The summed E-state index contributed by atoms with van der Waals surface area (Å²) < 4.78 is 5.53. The lowest BCUT2D eigenvalue weighted by molar-refractivity contribution is -0.384. The minimum absolute atomic E-state index is 0.0349. The predicted molar refractivity (Wildman–Crippen MR) is 129 cm³/mol. The molecule has 2 aromatic carbocycles. The van der Waals surface area contributed by atoms with Crippen molar-refractivity contribution < 1.29 is 18.9 Å². The van der Waals surface area contributed by atoms with Gasteiger partial charge in [-0.3, -0.25) is 25.0 Å². The maximum absolute atomic E-state index is 12.5. The van der Waals surface area contributed by atoms with Crippen molar-refractivity contribution in [2.75, 3.05) is 10.6 Å². The molecule has 2 amide bonds. The number of nitrogens with one attached hydrogen (secondary N) is 3. The van der Waals surface area contributed by atoms with E-state index in [9.17, 15) is 19.7 Å². The predicted octanol–water partition coefficient (Wildman–Crippen LogP) is 5.37. The Morgan fingerprint density at radius 2 is 1.91 bits per heavy atom. The molecule has 9 nitrogen and oxygen atoms in total. The highest BCUT2D eigenvalue weighted by molar-refractivity contribution is 7.80. The summed E-state index contributed by atoms with van der Waals surface area (Å²) in [5.41, 5.74) is 1.29. The van der Waals surface area contributed by atoms with Gasteiger partial charge in [0, 0.05) is 29.8 Å². The molecule has 11 heteroatoms. The van der Waals surface area contributed by atoms with Gasteiger partial charge in [0.25, 0.3) is 11.6 Å². The standard InChI is InChI=1S/C22H19ClN4O5S/c1-2-4-20(28)24-14-7-8-16(23)17(12-14)25-22(33)26-21(29)19-10-9-18(32-19)13-5-3-6-15(11-13)27(30)31/h3,5-12H,2,4H2,1H3,(H,24,28)(H2,25,26,29,33). The van der Waals surface area contributed by atoms with Gasteiger partial charge in [-0.1, -0.05) is 30.7 Å². The zero-order valence-corrected chi connectivity index (χ0v) is 19.0. The molecule has 0 saturated carbocycles. The number of thiocarbonyl (C=S) groups is 1.